The van der Waals surface area contributed by atoms with Crippen LogP contribution in [0, 0.1) is 0 Å². The van der Waals surface area contributed by atoms with Gasteiger partial charge in [0.25, 0.3) is 5.91 Å². The molecule has 0 aromatic heterocycles. The van der Waals surface area contributed by atoms with Crippen LogP contribution in [0.2, 0.25) is 0 Å². The van der Waals surface area contributed by atoms with Crippen LogP contribution in [0.1, 0.15) is 53.4 Å². The van der Waals surface area contributed by atoms with Crippen LogP contribution in [0.4, 0.5) is 5.69 Å². The summed E-state index contributed by atoms with van der Waals surface area (Å²) in [5, 5.41) is 2.94. The topological polar surface area (TPSA) is 50.8 Å². The van der Waals surface area contributed by atoms with Crippen molar-refractivity contribution in [1.82, 2.24) is 4.90 Å². The molecule has 1 atom stereocenters. The lowest BCUT2D eigenvalue weighted by Crippen LogP contribution is -2.41. The van der Waals surface area contributed by atoms with Crippen LogP contribution in [-0.2, 0) is 9.53 Å². The number of ether oxygens (including phenoxy) is 2. The lowest BCUT2D eigenvalue weighted by molar-refractivity contribution is -0.136. The second-order valence-corrected chi connectivity index (χ2v) is 6.75. The van der Waals surface area contributed by atoms with E-state index >= 15 is 0 Å². The number of hydrogen-bond donors (Lipinski definition) is 1. The smallest absolute Gasteiger partial charge is 0.256 e. The van der Waals surface area contributed by atoms with Crippen molar-refractivity contribution in [3.8, 4) is 5.75 Å². The van der Waals surface area contributed by atoms with Crippen LogP contribution >= 0.6 is 0 Å². The summed E-state index contributed by atoms with van der Waals surface area (Å²) in [5.74, 6) is 0.712. The summed E-state index contributed by atoms with van der Waals surface area (Å²) in [7, 11) is 1.59. The molecular formula is C21H36N2O3. The highest BCUT2D eigenvalue weighted by molar-refractivity contribution is 5.97. The average molecular weight is 365 g/mol. The van der Waals surface area contributed by atoms with Gasteiger partial charge in [0.1, 0.15) is 11.4 Å². The van der Waals surface area contributed by atoms with Gasteiger partial charge in [-0.25, -0.2) is 0 Å². The predicted octanol–water partition coefficient (Wildman–Crippen LogP) is 4.33. The van der Waals surface area contributed by atoms with Gasteiger partial charge >= 0.3 is 0 Å². The van der Waals surface area contributed by atoms with Gasteiger partial charge in [-0.1, -0.05) is 33.6 Å². The van der Waals surface area contributed by atoms with Crippen LogP contribution in [0.15, 0.2) is 24.3 Å². The van der Waals surface area contributed by atoms with Crippen molar-refractivity contribution < 1.29 is 14.3 Å². The SMILES string of the molecule is CCCCC(C)(OC)C(=O)Nc1ccc(OCCCN(CC)CC)cc1. The fourth-order valence-corrected chi connectivity index (χ4v) is 2.74. The van der Waals surface area contributed by atoms with Crippen molar-refractivity contribution in [2.24, 2.45) is 0 Å². The third-order valence-electron chi connectivity index (χ3n) is 4.83. The Morgan fingerprint density at radius 2 is 1.77 bits per heavy atom. The van der Waals surface area contributed by atoms with E-state index < -0.39 is 5.60 Å². The van der Waals surface area contributed by atoms with E-state index in [1.165, 1.54) is 0 Å². The van der Waals surface area contributed by atoms with E-state index in [0.29, 0.717) is 13.0 Å². The van der Waals surface area contributed by atoms with Crippen LogP contribution in [0.5, 0.6) is 5.75 Å². The molecular weight excluding hydrogens is 328 g/mol. The first-order valence-electron chi connectivity index (χ1n) is 9.80. The third-order valence-corrected chi connectivity index (χ3v) is 4.83. The number of nitrogens with zero attached hydrogens (tertiary/aromatic N) is 1. The number of unbranched alkanes of at least 4 members (excludes halogenated alkanes) is 1. The van der Waals surface area contributed by atoms with Gasteiger partial charge in [0, 0.05) is 19.3 Å². The minimum absolute atomic E-state index is 0.110. The van der Waals surface area contributed by atoms with E-state index in [0.717, 1.165) is 50.3 Å². The van der Waals surface area contributed by atoms with Gasteiger partial charge in [0.15, 0.2) is 0 Å². The monoisotopic (exact) mass is 364 g/mol. The van der Waals surface area contributed by atoms with Crippen LogP contribution in [-0.4, -0.2) is 49.8 Å². The summed E-state index contributed by atoms with van der Waals surface area (Å²) < 4.78 is 11.2. The minimum atomic E-state index is -0.796. The molecule has 0 saturated heterocycles. The second kappa shape index (κ2) is 11.9. The first-order valence-corrected chi connectivity index (χ1v) is 9.80. The summed E-state index contributed by atoms with van der Waals surface area (Å²) in [6.07, 6.45) is 3.70. The molecule has 0 radical (unpaired) electrons. The molecule has 0 spiro atoms. The van der Waals surface area contributed by atoms with Crippen molar-refractivity contribution in [1.29, 1.82) is 0 Å². The number of anilines is 1. The maximum absolute atomic E-state index is 12.5. The van der Waals surface area contributed by atoms with Crippen molar-refractivity contribution in [3.05, 3.63) is 24.3 Å². The first-order chi connectivity index (χ1) is 12.5. The molecule has 0 bridgehead atoms. The Bertz CT molecular complexity index is 514. The molecule has 0 aliphatic heterocycles. The fourth-order valence-electron chi connectivity index (χ4n) is 2.74. The average Bonchev–Trinajstić information content (AvgIpc) is 2.67. The molecule has 5 heteroatoms. The lowest BCUT2D eigenvalue weighted by Gasteiger charge is -2.26. The molecule has 0 fully saturated rings. The Morgan fingerprint density at radius 3 is 2.31 bits per heavy atom. The van der Waals surface area contributed by atoms with Gasteiger partial charge in [-0.3, -0.25) is 4.79 Å². The Balaban J connectivity index is 2.47. The van der Waals surface area contributed by atoms with E-state index in [4.69, 9.17) is 9.47 Å². The highest BCUT2D eigenvalue weighted by Crippen LogP contribution is 2.22. The quantitative estimate of drug-likeness (QED) is 0.529. The Labute approximate surface area is 159 Å². The summed E-state index contributed by atoms with van der Waals surface area (Å²) in [6, 6.07) is 7.52. The molecule has 0 saturated carbocycles. The second-order valence-electron chi connectivity index (χ2n) is 6.75. The minimum Gasteiger partial charge on any atom is -0.494 e. The summed E-state index contributed by atoms with van der Waals surface area (Å²) in [5.41, 5.74) is -0.0411. The van der Waals surface area contributed by atoms with Gasteiger partial charge in [-0.15, -0.1) is 0 Å². The number of methoxy groups -OCH3 is 1. The number of benzene rings is 1. The highest BCUT2D eigenvalue weighted by Gasteiger charge is 2.32. The van der Waals surface area contributed by atoms with Crippen LogP contribution in [0.25, 0.3) is 0 Å². The molecule has 1 aromatic rings. The molecule has 26 heavy (non-hydrogen) atoms. The molecule has 1 N–H and O–H groups in total. The molecule has 0 heterocycles. The van der Waals surface area contributed by atoms with Gasteiger partial charge in [0.2, 0.25) is 0 Å². The predicted molar refractivity (Wildman–Crippen MR) is 108 cm³/mol. The maximum atomic E-state index is 12.5. The zero-order valence-corrected chi connectivity index (χ0v) is 17.1. The summed E-state index contributed by atoms with van der Waals surface area (Å²) >= 11 is 0. The van der Waals surface area contributed by atoms with Crippen LogP contribution < -0.4 is 10.1 Å². The standard InChI is InChI=1S/C21H36N2O3/c1-6-9-15-21(4,25-5)20(24)22-18-11-13-19(14-12-18)26-17-10-16-23(7-2)8-3/h11-14H,6-10,15-17H2,1-5H3,(H,22,24). The molecule has 1 rings (SSSR count). The van der Waals surface area contributed by atoms with Crippen molar-refractivity contribution in [3.63, 3.8) is 0 Å². The maximum Gasteiger partial charge on any atom is 0.256 e. The summed E-state index contributed by atoms with van der Waals surface area (Å²) in [4.78, 5) is 14.9. The fraction of sp³-hybridized carbons (Fsp3) is 0.667. The van der Waals surface area contributed by atoms with Crippen LogP contribution in [0.3, 0.4) is 0 Å². The van der Waals surface area contributed by atoms with Crippen molar-refractivity contribution in [2.75, 3.05) is 38.7 Å². The Morgan fingerprint density at radius 1 is 1.12 bits per heavy atom. The Kier molecular flexibility index (Phi) is 10.3. The van der Waals surface area contributed by atoms with Gasteiger partial charge in [-0.2, -0.15) is 0 Å². The molecule has 148 valence electrons. The van der Waals surface area contributed by atoms with E-state index in [1.807, 2.05) is 31.2 Å². The normalized spacial score (nSPS) is 13.5. The van der Waals surface area contributed by atoms with Gasteiger partial charge in [0.05, 0.1) is 6.61 Å². The number of carbonyl (C=O) groups excluding carboxylic acids is 1. The first kappa shape index (κ1) is 22.5. The zero-order valence-electron chi connectivity index (χ0n) is 17.1. The number of carbonyl (C=O) groups is 1. The molecule has 1 aromatic carbocycles. The number of rotatable bonds is 13. The van der Waals surface area contributed by atoms with E-state index in [9.17, 15) is 4.79 Å². The zero-order chi connectivity index (χ0) is 19.4. The number of nitrogens with one attached hydrogen (secondary N) is 1. The number of amides is 1. The van der Waals surface area contributed by atoms with Crippen molar-refractivity contribution >= 4 is 11.6 Å². The van der Waals surface area contributed by atoms with Gasteiger partial charge in [-0.05, 0) is 57.1 Å². The largest absolute Gasteiger partial charge is 0.494 e. The highest BCUT2D eigenvalue weighted by atomic mass is 16.5. The molecule has 0 aliphatic rings. The summed E-state index contributed by atoms with van der Waals surface area (Å²) in [6.45, 7) is 12.2. The Hall–Kier alpha value is -1.59. The van der Waals surface area contributed by atoms with E-state index in [1.54, 1.807) is 7.11 Å². The lowest BCUT2D eigenvalue weighted by atomic mass is 9.97. The molecule has 1 amide bonds. The molecule has 5 nitrogen and oxygen atoms in total. The van der Waals surface area contributed by atoms with E-state index in [-0.39, 0.29) is 5.91 Å². The molecule has 0 aliphatic carbocycles. The number of hydrogen-bond acceptors (Lipinski definition) is 4. The third kappa shape index (κ3) is 7.34. The molecule has 1 unspecified atom stereocenters. The van der Waals surface area contributed by atoms with E-state index in [2.05, 4.69) is 31.0 Å². The van der Waals surface area contributed by atoms with Crippen molar-refractivity contribution in [2.45, 2.75) is 59.0 Å². The van der Waals surface area contributed by atoms with Gasteiger partial charge < -0.3 is 19.7 Å².